The summed E-state index contributed by atoms with van der Waals surface area (Å²) in [5.74, 6) is 0.705. The Morgan fingerprint density at radius 2 is 2.24 bits per heavy atom. The van der Waals surface area contributed by atoms with E-state index in [2.05, 4.69) is 13.0 Å². The van der Waals surface area contributed by atoms with Crippen LogP contribution in [0.1, 0.15) is 26.2 Å². The minimum absolute atomic E-state index is 0.0746. The third-order valence-electron chi connectivity index (χ3n) is 3.30. The van der Waals surface area contributed by atoms with Crippen LogP contribution in [0.2, 0.25) is 0 Å². The summed E-state index contributed by atoms with van der Waals surface area (Å²) in [6.45, 7) is 2.16. The molecule has 1 aromatic rings. The fraction of sp³-hybridized carbons (Fsp3) is 0.500. The quantitative estimate of drug-likeness (QED) is 0.782. The second-order valence-electron chi connectivity index (χ2n) is 4.77. The van der Waals surface area contributed by atoms with Crippen LogP contribution in [0, 0.1) is 29.0 Å². The molecular weight excluding hydrogens is 217 g/mol. The van der Waals surface area contributed by atoms with Crippen molar-refractivity contribution in [3.8, 4) is 11.8 Å². The van der Waals surface area contributed by atoms with Crippen molar-refractivity contribution in [1.82, 2.24) is 0 Å². The highest BCUT2D eigenvalue weighted by Gasteiger charge is 2.30. The van der Waals surface area contributed by atoms with Gasteiger partial charge in [0.1, 0.15) is 17.7 Å². The van der Waals surface area contributed by atoms with Gasteiger partial charge < -0.3 is 4.74 Å². The van der Waals surface area contributed by atoms with Crippen LogP contribution in [0.25, 0.3) is 0 Å². The van der Waals surface area contributed by atoms with Crippen molar-refractivity contribution in [1.29, 1.82) is 5.26 Å². The number of ether oxygens (including phenoxy) is 1. The van der Waals surface area contributed by atoms with Crippen LogP contribution in [0.15, 0.2) is 24.3 Å². The Bertz CT molecular complexity index is 426. The van der Waals surface area contributed by atoms with Gasteiger partial charge in [0, 0.05) is 6.07 Å². The first-order valence-electron chi connectivity index (χ1n) is 6.01. The molecule has 3 heteroatoms. The molecular formula is C14H16FNO. The third-order valence-corrected chi connectivity index (χ3v) is 3.30. The van der Waals surface area contributed by atoms with Gasteiger partial charge in [-0.25, -0.2) is 4.39 Å². The zero-order valence-electron chi connectivity index (χ0n) is 9.90. The molecule has 3 atom stereocenters. The zero-order chi connectivity index (χ0) is 12.3. The van der Waals surface area contributed by atoms with Gasteiger partial charge in [-0.2, -0.15) is 5.26 Å². The highest BCUT2D eigenvalue weighted by atomic mass is 19.1. The van der Waals surface area contributed by atoms with Gasteiger partial charge in [0.15, 0.2) is 0 Å². The van der Waals surface area contributed by atoms with E-state index >= 15 is 0 Å². The smallest absolute Gasteiger partial charge is 0.126 e. The summed E-state index contributed by atoms with van der Waals surface area (Å²) in [5, 5.41) is 9.08. The Morgan fingerprint density at radius 3 is 2.94 bits per heavy atom. The van der Waals surface area contributed by atoms with Crippen molar-refractivity contribution in [2.24, 2.45) is 11.8 Å². The third kappa shape index (κ3) is 2.97. The summed E-state index contributed by atoms with van der Waals surface area (Å²) >= 11 is 0. The van der Waals surface area contributed by atoms with Crippen molar-refractivity contribution >= 4 is 0 Å². The van der Waals surface area contributed by atoms with E-state index in [-0.39, 0.29) is 17.8 Å². The van der Waals surface area contributed by atoms with Crippen molar-refractivity contribution in [3.63, 3.8) is 0 Å². The van der Waals surface area contributed by atoms with Gasteiger partial charge in [-0.3, -0.25) is 0 Å². The minimum atomic E-state index is -0.306. The normalized spacial score (nSPS) is 28.4. The van der Waals surface area contributed by atoms with Gasteiger partial charge in [0.25, 0.3) is 0 Å². The minimum Gasteiger partial charge on any atom is -0.489 e. The van der Waals surface area contributed by atoms with Crippen LogP contribution in [-0.2, 0) is 0 Å². The SMILES string of the molecule is CC1CCC(C#N)C(Oc2cccc(F)c2)C1. The summed E-state index contributed by atoms with van der Waals surface area (Å²) < 4.78 is 18.8. The largest absolute Gasteiger partial charge is 0.489 e. The predicted octanol–water partition coefficient (Wildman–Crippen LogP) is 3.53. The number of hydrogen-bond donors (Lipinski definition) is 0. The molecule has 1 aliphatic rings. The lowest BCUT2D eigenvalue weighted by molar-refractivity contribution is 0.0953. The number of nitrogens with zero attached hydrogens (tertiary/aromatic N) is 1. The average Bonchev–Trinajstić information content (AvgIpc) is 2.29. The summed E-state index contributed by atoms with van der Waals surface area (Å²) in [6, 6.07) is 8.40. The van der Waals surface area contributed by atoms with Crippen LogP contribution in [0.5, 0.6) is 5.75 Å². The predicted molar refractivity (Wildman–Crippen MR) is 62.9 cm³/mol. The fourth-order valence-corrected chi connectivity index (χ4v) is 2.32. The molecule has 1 aliphatic carbocycles. The topological polar surface area (TPSA) is 33.0 Å². The maximum absolute atomic E-state index is 13.0. The van der Waals surface area contributed by atoms with E-state index in [1.807, 2.05) is 0 Å². The molecule has 0 saturated heterocycles. The molecule has 2 rings (SSSR count). The molecule has 1 fully saturated rings. The number of rotatable bonds is 2. The van der Waals surface area contributed by atoms with Gasteiger partial charge in [0.2, 0.25) is 0 Å². The number of benzene rings is 1. The maximum Gasteiger partial charge on any atom is 0.126 e. The standard InChI is InChI=1S/C14H16FNO/c1-10-5-6-11(9-16)14(7-10)17-13-4-2-3-12(15)8-13/h2-4,8,10-11,14H,5-7H2,1H3. The summed E-state index contributed by atoms with van der Waals surface area (Å²) in [6.07, 6.45) is 2.71. The average molecular weight is 233 g/mol. The lowest BCUT2D eigenvalue weighted by Gasteiger charge is -2.31. The number of hydrogen-bond acceptors (Lipinski definition) is 2. The fourth-order valence-electron chi connectivity index (χ4n) is 2.32. The molecule has 0 amide bonds. The van der Waals surface area contributed by atoms with Gasteiger partial charge >= 0.3 is 0 Å². The van der Waals surface area contributed by atoms with Crippen LogP contribution in [0.3, 0.4) is 0 Å². The van der Waals surface area contributed by atoms with Crippen molar-refractivity contribution in [2.45, 2.75) is 32.3 Å². The second kappa shape index (κ2) is 5.18. The molecule has 0 bridgehead atoms. The molecule has 0 heterocycles. The summed E-state index contributed by atoms with van der Waals surface area (Å²) in [5.41, 5.74) is 0. The van der Waals surface area contributed by atoms with Gasteiger partial charge in [-0.05, 0) is 37.3 Å². The first-order chi connectivity index (χ1) is 8.19. The van der Waals surface area contributed by atoms with Gasteiger partial charge in [0.05, 0.1) is 12.0 Å². The van der Waals surface area contributed by atoms with E-state index in [0.29, 0.717) is 11.7 Å². The van der Waals surface area contributed by atoms with Crippen LogP contribution < -0.4 is 4.74 Å². The molecule has 1 aromatic carbocycles. The van der Waals surface area contributed by atoms with Crippen molar-refractivity contribution in [3.05, 3.63) is 30.1 Å². The Morgan fingerprint density at radius 1 is 1.41 bits per heavy atom. The van der Waals surface area contributed by atoms with Crippen LogP contribution in [-0.4, -0.2) is 6.10 Å². The summed E-state index contributed by atoms with van der Waals surface area (Å²) in [7, 11) is 0. The molecule has 90 valence electrons. The molecule has 0 radical (unpaired) electrons. The molecule has 17 heavy (non-hydrogen) atoms. The molecule has 0 N–H and O–H groups in total. The zero-order valence-corrected chi connectivity index (χ0v) is 9.90. The van der Waals surface area contributed by atoms with Crippen molar-refractivity contribution < 1.29 is 9.13 Å². The van der Waals surface area contributed by atoms with E-state index in [9.17, 15) is 4.39 Å². The molecule has 0 aromatic heterocycles. The first kappa shape index (κ1) is 11.9. The molecule has 2 nitrogen and oxygen atoms in total. The Hall–Kier alpha value is -1.56. The molecule has 0 aliphatic heterocycles. The molecule has 3 unspecified atom stereocenters. The molecule has 0 spiro atoms. The monoisotopic (exact) mass is 233 g/mol. The number of nitriles is 1. The van der Waals surface area contributed by atoms with E-state index in [1.165, 1.54) is 12.1 Å². The van der Waals surface area contributed by atoms with Crippen LogP contribution in [0.4, 0.5) is 4.39 Å². The first-order valence-corrected chi connectivity index (χ1v) is 6.01. The van der Waals surface area contributed by atoms with E-state index in [4.69, 9.17) is 10.00 Å². The number of halogens is 1. The maximum atomic E-state index is 13.0. The summed E-state index contributed by atoms with van der Waals surface area (Å²) in [4.78, 5) is 0. The van der Waals surface area contributed by atoms with Crippen LogP contribution >= 0.6 is 0 Å². The van der Waals surface area contributed by atoms with E-state index in [0.717, 1.165) is 19.3 Å². The Balaban J connectivity index is 2.08. The van der Waals surface area contributed by atoms with E-state index < -0.39 is 0 Å². The lowest BCUT2D eigenvalue weighted by Crippen LogP contribution is -2.32. The van der Waals surface area contributed by atoms with Gasteiger partial charge in [-0.1, -0.05) is 13.0 Å². The van der Waals surface area contributed by atoms with Crippen molar-refractivity contribution in [2.75, 3.05) is 0 Å². The van der Waals surface area contributed by atoms with Gasteiger partial charge in [-0.15, -0.1) is 0 Å². The lowest BCUT2D eigenvalue weighted by atomic mass is 9.81. The highest BCUT2D eigenvalue weighted by Crippen LogP contribution is 2.31. The Labute approximate surface area is 101 Å². The van der Waals surface area contributed by atoms with E-state index in [1.54, 1.807) is 12.1 Å². The Kier molecular flexibility index (Phi) is 3.63. The highest BCUT2D eigenvalue weighted by molar-refractivity contribution is 5.23. The second-order valence-corrected chi connectivity index (χ2v) is 4.77. The molecule has 1 saturated carbocycles.